The summed E-state index contributed by atoms with van der Waals surface area (Å²) in [4.78, 5) is 0. The highest BCUT2D eigenvalue weighted by Crippen LogP contribution is 2.42. The van der Waals surface area contributed by atoms with E-state index in [0.29, 0.717) is 0 Å². The minimum atomic E-state index is 1.14. The molecule has 0 atom stereocenters. The molecule has 1 aliphatic carbocycles. The molecule has 1 aliphatic rings. The quantitative estimate of drug-likeness (QED) is 0.112. The van der Waals surface area contributed by atoms with Gasteiger partial charge in [0.25, 0.3) is 0 Å². The second-order valence-electron chi connectivity index (χ2n) is 11.9. The van der Waals surface area contributed by atoms with Gasteiger partial charge in [-0.2, -0.15) is 0 Å². The van der Waals surface area contributed by atoms with Gasteiger partial charge >= 0.3 is 0 Å². The summed E-state index contributed by atoms with van der Waals surface area (Å²) in [7, 11) is 0. The maximum Gasteiger partial charge on any atom is 0.0521 e. The van der Waals surface area contributed by atoms with E-state index >= 15 is 0 Å². The van der Waals surface area contributed by atoms with Gasteiger partial charge in [0.15, 0.2) is 0 Å². The number of hydrogen-bond donors (Lipinski definition) is 0. The molecule has 2 heteroatoms. The number of unbranched alkanes of at least 4 members (excludes halogenated alkanes) is 10. The van der Waals surface area contributed by atoms with Crippen molar-refractivity contribution in [2.75, 3.05) is 0 Å². The van der Waals surface area contributed by atoms with Crippen LogP contribution in [0.1, 0.15) is 113 Å². The molecule has 0 spiro atoms. The van der Waals surface area contributed by atoms with Gasteiger partial charge in [-0.15, -0.1) is 22.7 Å². The van der Waals surface area contributed by atoms with Crippen LogP contribution in [-0.2, 0) is 19.3 Å². The van der Waals surface area contributed by atoms with Gasteiger partial charge in [0.1, 0.15) is 0 Å². The maximum atomic E-state index is 2.40. The first-order valence-electron chi connectivity index (χ1n) is 16.4. The predicted octanol–water partition coefficient (Wildman–Crippen LogP) is 13.2. The fourth-order valence-electron chi connectivity index (χ4n) is 6.51. The molecule has 0 amide bonds. The maximum absolute atomic E-state index is 2.40. The lowest BCUT2D eigenvalue weighted by atomic mass is 9.91. The Morgan fingerprint density at radius 3 is 1.39 bits per heavy atom. The van der Waals surface area contributed by atoms with Gasteiger partial charge in [-0.1, -0.05) is 127 Å². The molecule has 0 saturated carbocycles. The van der Waals surface area contributed by atoms with Crippen LogP contribution in [0.2, 0.25) is 0 Å². The van der Waals surface area contributed by atoms with E-state index in [1.807, 2.05) is 22.7 Å². The van der Waals surface area contributed by atoms with Crippen LogP contribution in [0.5, 0.6) is 0 Å². The van der Waals surface area contributed by atoms with Crippen LogP contribution in [-0.4, -0.2) is 0 Å². The van der Waals surface area contributed by atoms with Crippen LogP contribution >= 0.6 is 22.7 Å². The lowest BCUT2D eigenvalue weighted by molar-refractivity contribution is 0.607. The topological polar surface area (TPSA) is 0 Å². The summed E-state index contributed by atoms with van der Waals surface area (Å²) in [5.74, 6) is 0. The SMILES string of the molecule is CCCCCCCCc1cccc2c1-c1c(CCCCCCCC)cccc1C2.c1cc2ccc3ccsc3c2s1. The number of rotatable bonds is 14. The van der Waals surface area contributed by atoms with Gasteiger partial charge < -0.3 is 0 Å². The highest BCUT2D eigenvalue weighted by atomic mass is 32.1. The molecule has 41 heavy (non-hydrogen) atoms. The number of aryl methyl sites for hydroxylation is 2. The normalized spacial score (nSPS) is 12.0. The molecule has 0 aliphatic heterocycles. The summed E-state index contributed by atoms with van der Waals surface area (Å²) in [5.41, 5.74) is 9.56. The molecule has 0 nitrogen and oxygen atoms in total. The summed E-state index contributed by atoms with van der Waals surface area (Å²) in [6.45, 7) is 4.60. The molecule has 2 aromatic heterocycles. The molecule has 5 aromatic rings. The first-order valence-corrected chi connectivity index (χ1v) is 18.1. The second kappa shape index (κ2) is 15.7. The number of fused-ring (bicyclic) bond motifs is 6. The monoisotopic (exact) mass is 580 g/mol. The summed E-state index contributed by atoms with van der Waals surface area (Å²) in [6.07, 6.45) is 20.2. The van der Waals surface area contributed by atoms with Crippen LogP contribution in [0.25, 0.3) is 31.3 Å². The summed E-state index contributed by atoms with van der Waals surface area (Å²) in [6, 6.07) is 22.9. The smallest absolute Gasteiger partial charge is 0.0521 e. The molecular formula is C39H48S2. The van der Waals surface area contributed by atoms with E-state index < -0.39 is 0 Å². The summed E-state index contributed by atoms with van der Waals surface area (Å²) >= 11 is 3.66. The van der Waals surface area contributed by atoms with E-state index in [0.717, 1.165) is 6.42 Å². The summed E-state index contributed by atoms with van der Waals surface area (Å²) in [5, 5.41) is 7.05. The standard InChI is InChI=1S/C29H42.C10H6S2/c1-3-5-7-9-11-13-17-24-19-15-21-26-23-27-22-16-20-25(29(27)28(24)26)18-14-12-10-8-6-4-2;1-2-8-4-6-12-10(8)9-7(1)3-5-11-9/h15-16,19-22H,3-14,17-18,23H2,1-2H3;1-6H. The molecule has 3 aromatic carbocycles. The van der Waals surface area contributed by atoms with E-state index in [1.54, 1.807) is 33.4 Å². The lowest BCUT2D eigenvalue weighted by Gasteiger charge is -2.14. The fraction of sp³-hybridized carbons (Fsp3) is 0.436. The van der Waals surface area contributed by atoms with Crippen LogP contribution in [0, 0.1) is 0 Å². The van der Waals surface area contributed by atoms with Crippen molar-refractivity contribution < 1.29 is 0 Å². The molecular weight excluding hydrogens is 533 g/mol. The van der Waals surface area contributed by atoms with Gasteiger partial charge in [-0.25, -0.2) is 0 Å². The van der Waals surface area contributed by atoms with Crippen molar-refractivity contribution in [3.63, 3.8) is 0 Å². The summed E-state index contributed by atoms with van der Waals surface area (Å²) < 4.78 is 2.87. The van der Waals surface area contributed by atoms with Gasteiger partial charge in [0.05, 0.1) is 9.40 Å². The lowest BCUT2D eigenvalue weighted by Crippen LogP contribution is -1.95. The van der Waals surface area contributed by atoms with Crippen molar-refractivity contribution in [1.29, 1.82) is 0 Å². The van der Waals surface area contributed by atoms with Crippen molar-refractivity contribution >= 4 is 42.8 Å². The van der Waals surface area contributed by atoms with E-state index in [4.69, 9.17) is 0 Å². The van der Waals surface area contributed by atoms with Crippen LogP contribution in [0.3, 0.4) is 0 Å². The molecule has 0 fully saturated rings. The van der Waals surface area contributed by atoms with Gasteiger partial charge in [-0.05, 0) is 99.2 Å². The van der Waals surface area contributed by atoms with Gasteiger partial charge in [-0.3, -0.25) is 0 Å². The Kier molecular flexibility index (Phi) is 11.5. The Morgan fingerprint density at radius 2 is 0.927 bits per heavy atom. The van der Waals surface area contributed by atoms with Crippen molar-refractivity contribution in [3.8, 4) is 11.1 Å². The molecule has 0 saturated heterocycles. The van der Waals surface area contributed by atoms with Gasteiger partial charge in [0, 0.05) is 0 Å². The molecule has 6 rings (SSSR count). The average Bonchev–Trinajstić information content (AvgIpc) is 3.75. The zero-order valence-electron chi connectivity index (χ0n) is 25.4. The van der Waals surface area contributed by atoms with Crippen LogP contribution < -0.4 is 0 Å². The first kappa shape index (κ1) is 30.1. The van der Waals surface area contributed by atoms with E-state index in [9.17, 15) is 0 Å². The van der Waals surface area contributed by atoms with Gasteiger partial charge in [0.2, 0.25) is 0 Å². The van der Waals surface area contributed by atoms with Crippen LogP contribution in [0.4, 0.5) is 0 Å². The molecule has 0 N–H and O–H groups in total. The third-order valence-electron chi connectivity index (χ3n) is 8.74. The largest absolute Gasteiger partial charge is 0.142 e. The van der Waals surface area contributed by atoms with E-state index in [2.05, 4.69) is 85.3 Å². The minimum Gasteiger partial charge on any atom is -0.142 e. The van der Waals surface area contributed by atoms with Crippen molar-refractivity contribution in [2.24, 2.45) is 0 Å². The number of benzene rings is 3. The highest BCUT2D eigenvalue weighted by Gasteiger charge is 2.23. The molecule has 0 unspecified atom stereocenters. The Hall–Kier alpha value is -2.42. The zero-order valence-corrected chi connectivity index (χ0v) is 27.0. The Bertz CT molecular complexity index is 1390. The predicted molar refractivity (Wildman–Crippen MR) is 186 cm³/mol. The van der Waals surface area contributed by atoms with E-state index in [1.165, 1.54) is 110 Å². The average molecular weight is 581 g/mol. The molecule has 0 bridgehead atoms. The number of hydrogen-bond acceptors (Lipinski definition) is 2. The zero-order chi connectivity index (χ0) is 28.3. The third kappa shape index (κ3) is 7.70. The Morgan fingerprint density at radius 1 is 0.488 bits per heavy atom. The molecule has 0 radical (unpaired) electrons. The molecule has 216 valence electrons. The molecule has 2 heterocycles. The third-order valence-corrected chi connectivity index (χ3v) is 10.8. The Balaban J connectivity index is 0.000000230. The highest BCUT2D eigenvalue weighted by molar-refractivity contribution is 7.25. The van der Waals surface area contributed by atoms with E-state index in [-0.39, 0.29) is 0 Å². The second-order valence-corrected chi connectivity index (χ2v) is 13.7. The Labute approximate surface area is 256 Å². The first-order chi connectivity index (χ1) is 20.3. The van der Waals surface area contributed by atoms with Crippen molar-refractivity contribution in [1.82, 2.24) is 0 Å². The number of thiophene rings is 2. The minimum absolute atomic E-state index is 1.14. The van der Waals surface area contributed by atoms with Crippen molar-refractivity contribution in [2.45, 2.75) is 110 Å². The van der Waals surface area contributed by atoms with Crippen LogP contribution in [0.15, 0.2) is 71.4 Å². The van der Waals surface area contributed by atoms with Crippen molar-refractivity contribution in [3.05, 3.63) is 93.7 Å². The fourth-order valence-corrected chi connectivity index (χ4v) is 8.49.